The number of halogens is 2. The normalized spacial score (nSPS) is 12.9. The summed E-state index contributed by atoms with van der Waals surface area (Å²) in [6, 6.07) is 5.57. The molecule has 0 aliphatic rings. The molecule has 0 heterocycles. The molecule has 1 atom stereocenters. The summed E-state index contributed by atoms with van der Waals surface area (Å²) in [6.07, 6.45) is 4.19. The van der Waals surface area contributed by atoms with Crippen LogP contribution in [-0.2, 0) is 6.42 Å². The fraction of sp³-hybridized carbons (Fsp3) is 0.625. The minimum Gasteiger partial charge on any atom is -0.314 e. The highest BCUT2D eigenvalue weighted by Gasteiger charge is 2.13. The molecule has 1 nitrogen and oxygen atoms in total. The van der Waals surface area contributed by atoms with Gasteiger partial charge < -0.3 is 5.32 Å². The topological polar surface area (TPSA) is 12.0 Å². The fourth-order valence-corrected chi connectivity index (χ4v) is 2.50. The molecular formula is C16H25ClFN. The van der Waals surface area contributed by atoms with Gasteiger partial charge in [0.15, 0.2) is 0 Å². The van der Waals surface area contributed by atoms with Crippen LogP contribution in [0.25, 0.3) is 0 Å². The first-order valence-electron chi connectivity index (χ1n) is 7.20. The Bertz CT molecular complexity index is 379. The van der Waals surface area contributed by atoms with Crippen molar-refractivity contribution in [1.29, 1.82) is 0 Å². The van der Waals surface area contributed by atoms with Crippen molar-refractivity contribution < 1.29 is 4.39 Å². The van der Waals surface area contributed by atoms with E-state index in [2.05, 4.69) is 26.1 Å². The second kappa shape index (κ2) is 8.55. The Hall–Kier alpha value is -0.600. The van der Waals surface area contributed by atoms with Gasteiger partial charge in [0.1, 0.15) is 5.82 Å². The Kier molecular flexibility index (Phi) is 7.40. The zero-order valence-electron chi connectivity index (χ0n) is 12.2. The molecule has 0 saturated carbocycles. The molecule has 19 heavy (non-hydrogen) atoms. The Morgan fingerprint density at radius 3 is 2.63 bits per heavy atom. The van der Waals surface area contributed by atoms with E-state index in [-0.39, 0.29) is 10.8 Å². The van der Waals surface area contributed by atoms with Crippen LogP contribution < -0.4 is 5.32 Å². The van der Waals surface area contributed by atoms with Crippen LogP contribution in [0.4, 0.5) is 4.39 Å². The molecule has 0 aromatic heterocycles. The number of likely N-dealkylation sites (N-methyl/N-ethyl adjacent to an activating group) is 1. The Balaban J connectivity index is 2.59. The van der Waals surface area contributed by atoms with Gasteiger partial charge in [0.2, 0.25) is 0 Å². The van der Waals surface area contributed by atoms with E-state index in [0.29, 0.717) is 18.0 Å². The second-order valence-electron chi connectivity index (χ2n) is 5.50. The molecule has 3 heteroatoms. The Morgan fingerprint density at radius 1 is 1.26 bits per heavy atom. The molecule has 108 valence electrons. The summed E-state index contributed by atoms with van der Waals surface area (Å²) >= 11 is 5.82. The molecule has 0 radical (unpaired) electrons. The van der Waals surface area contributed by atoms with E-state index in [9.17, 15) is 4.39 Å². The largest absolute Gasteiger partial charge is 0.314 e. The van der Waals surface area contributed by atoms with E-state index in [1.165, 1.54) is 12.8 Å². The molecule has 0 bridgehead atoms. The zero-order valence-corrected chi connectivity index (χ0v) is 12.9. The van der Waals surface area contributed by atoms with Crippen molar-refractivity contribution in [3.63, 3.8) is 0 Å². The lowest BCUT2D eigenvalue weighted by Crippen LogP contribution is -2.31. The monoisotopic (exact) mass is 285 g/mol. The molecule has 1 aromatic carbocycles. The average molecular weight is 286 g/mol. The van der Waals surface area contributed by atoms with Crippen molar-refractivity contribution in [3.8, 4) is 0 Å². The molecule has 1 N–H and O–H groups in total. The van der Waals surface area contributed by atoms with Gasteiger partial charge >= 0.3 is 0 Å². The second-order valence-corrected chi connectivity index (χ2v) is 5.90. The number of hydrogen-bond acceptors (Lipinski definition) is 1. The Morgan fingerprint density at radius 2 is 2.00 bits per heavy atom. The fourth-order valence-electron chi connectivity index (χ4n) is 2.31. The molecule has 0 aliphatic heterocycles. The van der Waals surface area contributed by atoms with Crippen LogP contribution in [0.3, 0.4) is 0 Å². The van der Waals surface area contributed by atoms with E-state index in [1.54, 1.807) is 6.07 Å². The van der Waals surface area contributed by atoms with Crippen molar-refractivity contribution in [2.24, 2.45) is 5.92 Å². The van der Waals surface area contributed by atoms with Crippen molar-refractivity contribution in [2.75, 3.05) is 6.54 Å². The van der Waals surface area contributed by atoms with Crippen LogP contribution in [0.2, 0.25) is 5.02 Å². The average Bonchev–Trinajstić information content (AvgIpc) is 2.34. The van der Waals surface area contributed by atoms with Gasteiger partial charge in [0.05, 0.1) is 5.02 Å². The predicted octanol–water partition coefficient (Wildman–Crippen LogP) is 4.83. The Labute approximate surface area is 121 Å². The maximum absolute atomic E-state index is 13.9. The summed E-state index contributed by atoms with van der Waals surface area (Å²) in [4.78, 5) is 0. The molecule has 0 aliphatic carbocycles. The third-order valence-corrected chi connectivity index (χ3v) is 3.62. The smallest absolute Gasteiger partial charge is 0.145 e. The molecular weight excluding hydrogens is 261 g/mol. The maximum Gasteiger partial charge on any atom is 0.145 e. The van der Waals surface area contributed by atoms with Crippen LogP contribution in [-0.4, -0.2) is 12.6 Å². The third kappa shape index (κ3) is 5.92. The van der Waals surface area contributed by atoms with Crippen LogP contribution in [0.15, 0.2) is 18.2 Å². The van der Waals surface area contributed by atoms with E-state index in [1.807, 2.05) is 12.1 Å². The van der Waals surface area contributed by atoms with Crippen LogP contribution >= 0.6 is 11.6 Å². The van der Waals surface area contributed by atoms with Gasteiger partial charge in [-0.2, -0.15) is 0 Å². The first kappa shape index (κ1) is 16.5. The first-order valence-corrected chi connectivity index (χ1v) is 7.58. The summed E-state index contributed by atoms with van der Waals surface area (Å²) in [6.45, 7) is 7.47. The van der Waals surface area contributed by atoms with Crippen LogP contribution in [0, 0.1) is 11.7 Å². The lowest BCUT2D eigenvalue weighted by molar-refractivity contribution is 0.436. The first-order chi connectivity index (χ1) is 9.04. The SMILES string of the molecule is CCNC(CCCC(C)C)Cc1cccc(Cl)c1F. The molecule has 1 unspecified atom stereocenters. The number of rotatable bonds is 8. The number of nitrogens with one attached hydrogen (secondary N) is 1. The molecule has 1 aromatic rings. The van der Waals surface area contributed by atoms with E-state index in [0.717, 1.165) is 18.9 Å². The zero-order chi connectivity index (χ0) is 14.3. The highest BCUT2D eigenvalue weighted by atomic mass is 35.5. The minimum absolute atomic E-state index is 0.218. The van der Waals surface area contributed by atoms with Gasteiger partial charge in [-0.25, -0.2) is 4.39 Å². The van der Waals surface area contributed by atoms with Gasteiger partial charge in [-0.3, -0.25) is 0 Å². The summed E-state index contributed by atoms with van der Waals surface area (Å²) < 4.78 is 13.9. The van der Waals surface area contributed by atoms with E-state index < -0.39 is 0 Å². The summed E-state index contributed by atoms with van der Waals surface area (Å²) in [5.41, 5.74) is 0.711. The summed E-state index contributed by atoms with van der Waals surface area (Å²) in [5.74, 6) is 0.459. The highest BCUT2D eigenvalue weighted by molar-refractivity contribution is 6.30. The van der Waals surface area contributed by atoms with Crippen LogP contribution in [0.1, 0.15) is 45.6 Å². The molecule has 1 rings (SSSR count). The van der Waals surface area contributed by atoms with Crippen LogP contribution in [0.5, 0.6) is 0 Å². The lowest BCUT2D eigenvalue weighted by Gasteiger charge is -2.19. The van der Waals surface area contributed by atoms with Crippen molar-refractivity contribution in [3.05, 3.63) is 34.6 Å². The number of benzene rings is 1. The highest BCUT2D eigenvalue weighted by Crippen LogP contribution is 2.20. The summed E-state index contributed by atoms with van der Waals surface area (Å²) in [5, 5.41) is 3.66. The molecule has 0 amide bonds. The van der Waals surface area contributed by atoms with E-state index in [4.69, 9.17) is 11.6 Å². The lowest BCUT2D eigenvalue weighted by atomic mass is 9.98. The summed E-state index contributed by atoms with van der Waals surface area (Å²) in [7, 11) is 0. The van der Waals surface area contributed by atoms with Gasteiger partial charge in [-0.05, 0) is 36.9 Å². The van der Waals surface area contributed by atoms with Crippen molar-refractivity contribution >= 4 is 11.6 Å². The standard InChI is InChI=1S/C16H25ClFN/c1-4-19-14(9-5-7-12(2)3)11-13-8-6-10-15(17)16(13)18/h6,8,10,12,14,19H,4-5,7,9,11H2,1-3H3. The molecule has 0 saturated heterocycles. The quantitative estimate of drug-likeness (QED) is 0.722. The molecule has 0 fully saturated rings. The number of hydrogen-bond donors (Lipinski definition) is 1. The van der Waals surface area contributed by atoms with Gasteiger partial charge in [0, 0.05) is 6.04 Å². The maximum atomic E-state index is 13.9. The third-order valence-electron chi connectivity index (χ3n) is 3.32. The van der Waals surface area contributed by atoms with Crippen molar-refractivity contribution in [1.82, 2.24) is 5.32 Å². The van der Waals surface area contributed by atoms with Crippen molar-refractivity contribution in [2.45, 2.75) is 52.5 Å². The van der Waals surface area contributed by atoms with Gasteiger partial charge in [-0.15, -0.1) is 0 Å². The molecule has 0 spiro atoms. The van der Waals surface area contributed by atoms with Gasteiger partial charge in [-0.1, -0.05) is 57.3 Å². The van der Waals surface area contributed by atoms with E-state index >= 15 is 0 Å². The minimum atomic E-state index is -0.268. The predicted molar refractivity (Wildman–Crippen MR) is 81.3 cm³/mol. The van der Waals surface area contributed by atoms with Gasteiger partial charge in [0.25, 0.3) is 0 Å².